The predicted octanol–water partition coefficient (Wildman–Crippen LogP) is 3.98. The van der Waals surface area contributed by atoms with Gasteiger partial charge in [-0.25, -0.2) is 14.6 Å². The third-order valence-electron chi connectivity index (χ3n) is 3.86. The lowest BCUT2D eigenvalue weighted by Gasteiger charge is -2.07. The summed E-state index contributed by atoms with van der Waals surface area (Å²) in [6.45, 7) is 2.54. The lowest BCUT2D eigenvalue weighted by atomic mass is 10.2. The van der Waals surface area contributed by atoms with Crippen molar-refractivity contribution >= 4 is 34.3 Å². The molecular formula is C18H15ClN6. The van der Waals surface area contributed by atoms with Gasteiger partial charge < -0.3 is 5.32 Å². The minimum atomic E-state index is 0.497. The van der Waals surface area contributed by atoms with Crippen molar-refractivity contribution in [3.63, 3.8) is 0 Å². The van der Waals surface area contributed by atoms with Crippen LogP contribution < -0.4 is 5.32 Å². The van der Waals surface area contributed by atoms with Crippen molar-refractivity contribution in [1.29, 1.82) is 0 Å². The van der Waals surface area contributed by atoms with E-state index in [1.165, 1.54) is 6.33 Å². The SMILES string of the molecule is Cc1cccc(Nc2ncnc3c2nnn3Cc2ccccc2Cl)c1. The van der Waals surface area contributed by atoms with Crippen LogP contribution in [0.25, 0.3) is 11.2 Å². The third-order valence-corrected chi connectivity index (χ3v) is 4.23. The molecule has 0 bridgehead atoms. The first-order valence-corrected chi connectivity index (χ1v) is 8.20. The van der Waals surface area contributed by atoms with Crippen molar-refractivity contribution in [3.05, 3.63) is 71.0 Å². The summed E-state index contributed by atoms with van der Waals surface area (Å²) in [6.07, 6.45) is 1.51. The zero-order valence-corrected chi connectivity index (χ0v) is 14.3. The van der Waals surface area contributed by atoms with E-state index in [1.807, 2.05) is 55.5 Å². The van der Waals surface area contributed by atoms with Crippen LogP contribution in [0.5, 0.6) is 0 Å². The van der Waals surface area contributed by atoms with Gasteiger partial charge in [0.1, 0.15) is 6.33 Å². The van der Waals surface area contributed by atoms with Crippen LogP contribution in [0, 0.1) is 6.92 Å². The number of hydrogen-bond donors (Lipinski definition) is 1. The highest BCUT2D eigenvalue weighted by Gasteiger charge is 2.13. The monoisotopic (exact) mass is 350 g/mol. The van der Waals surface area contributed by atoms with E-state index >= 15 is 0 Å². The van der Waals surface area contributed by atoms with Crippen LogP contribution in [-0.4, -0.2) is 25.0 Å². The van der Waals surface area contributed by atoms with Crippen molar-refractivity contribution in [2.45, 2.75) is 13.5 Å². The zero-order valence-electron chi connectivity index (χ0n) is 13.5. The quantitative estimate of drug-likeness (QED) is 0.603. The smallest absolute Gasteiger partial charge is 0.184 e. The molecule has 0 aliphatic rings. The van der Waals surface area contributed by atoms with Gasteiger partial charge in [0.05, 0.1) is 6.54 Å². The number of hydrogen-bond acceptors (Lipinski definition) is 5. The molecular weight excluding hydrogens is 336 g/mol. The first kappa shape index (κ1) is 15.5. The summed E-state index contributed by atoms with van der Waals surface area (Å²) in [5.41, 5.74) is 4.35. The van der Waals surface area contributed by atoms with Gasteiger partial charge in [-0.3, -0.25) is 0 Å². The summed E-state index contributed by atoms with van der Waals surface area (Å²) in [7, 11) is 0. The molecule has 0 fully saturated rings. The lowest BCUT2D eigenvalue weighted by Crippen LogP contribution is -2.04. The van der Waals surface area contributed by atoms with Gasteiger partial charge >= 0.3 is 0 Å². The number of aromatic nitrogens is 5. The van der Waals surface area contributed by atoms with E-state index in [0.717, 1.165) is 16.8 Å². The van der Waals surface area contributed by atoms with Crippen molar-refractivity contribution in [2.75, 3.05) is 5.32 Å². The van der Waals surface area contributed by atoms with Gasteiger partial charge in [-0.2, -0.15) is 0 Å². The summed E-state index contributed by atoms with van der Waals surface area (Å²) < 4.78 is 1.72. The van der Waals surface area contributed by atoms with E-state index in [-0.39, 0.29) is 0 Å². The van der Waals surface area contributed by atoms with Crippen LogP contribution in [0.1, 0.15) is 11.1 Å². The maximum Gasteiger partial charge on any atom is 0.184 e. The highest BCUT2D eigenvalue weighted by atomic mass is 35.5. The second-order valence-electron chi connectivity index (χ2n) is 5.73. The maximum atomic E-state index is 6.24. The lowest BCUT2D eigenvalue weighted by molar-refractivity contribution is 0.664. The molecule has 0 aliphatic carbocycles. The van der Waals surface area contributed by atoms with Gasteiger partial charge in [0.25, 0.3) is 0 Å². The van der Waals surface area contributed by atoms with Crippen LogP contribution in [0.15, 0.2) is 54.9 Å². The normalized spacial score (nSPS) is 11.0. The van der Waals surface area contributed by atoms with Crippen molar-refractivity contribution in [2.24, 2.45) is 0 Å². The topological polar surface area (TPSA) is 68.5 Å². The number of rotatable bonds is 4. The molecule has 2 aromatic carbocycles. The van der Waals surface area contributed by atoms with Crippen LogP contribution in [0.4, 0.5) is 11.5 Å². The van der Waals surface area contributed by atoms with Gasteiger partial charge in [-0.15, -0.1) is 5.10 Å². The Morgan fingerprint density at radius 2 is 1.96 bits per heavy atom. The predicted molar refractivity (Wildman–Crippen MR) is 98.1 cm³/mol. The fraction of sp³-hybridized carbons (Fsp3) is 0.111. The number of nitrogens with one attached hydrogen (secondary N) is 1. The summed E-state index contributed by atoms with van der Waals surface area (Å²) in [4.78, 5) is 8.64. The average Bonchev–Trinajstić information content (AvgIpc) is 3.01. The molecule has 0 unspecified atom stereocenters. The number of halogens is 1. The summed E-state index contributed by atoms with van der Waals surface area (Å²) in [6, 6.07) is 15.7. The van der Waals surface area contributed by atoms with Gasteiger partial charge in [-0.05, 0) is 36.2 Å². The molecule has 2 heterocycles. The van der Waals surface area contributed by atoms with Crippen LogP contribution in [-0.2, 0) is 6.54 Å². The molecule has 6 nitrogen and oxygen atoms in total. The highest BCUT2D eigenvalue weighted by Crippen LogP contribution is 2.23. The van der Waals surface area contributed by atoms with Gasteiger partial charge in [0.15, 0.2) is 17.0 Å². The molecule has 0 atom stereocenters. The van der Waals surface area contributed by atoms with Crippen LogP contribution in [0.3, 0.4) is 0 Å². The molecule has 2 aromatic heterocycles. The first-order chi connectivity index (χ1) is 12.2. The van der Waals surface area contributed by atoms with Crippen LogP contribution in [0.2, 0.25) is 5.02 Å². The zero-order chi connectivity index (χ0) is 17.2. The number of benzene rings is 2. The molecule has 7 heteroatoms. The Hall–Kier alpha value is -2.99. The van der Waals surface area contributed by atoms with Crippen molar-refractivity contribution < 1.29 is 0 Å². The molecule has 0 radical (unpaired) electrons. The summed E-state index contributed by atoms with van der Waals surface area (Å²) >= 11 is 6.24. The molecule has 25 heavy (non-hydrogen) atoms. The first-order valence-electron chi connectivity index (χ1n) is 7.82. The Morgan fingerprint density at radius 3 is 2.80 bits per heavy atom. The Bertz CT molecular complexity index is 1040. The molecule has 4 rings (SSSR count). The standard InChI is InChI=1S/C18H15ClN6/c1-12-5-4-7-14(9-12)22-17-16-18(21-11-20-17)25(24-23-16)10-13-6-2-3-8-15(13)19/h2-9,11H,10H2,1H3,(H,20,21,22). The van der Waals surface area contributed by atoms with E-state index in [0.29, 0.717) is 28.5 Å². The van der Waals surface area contributed by atoms with E-state index in [4.69, 9.17) is 11.6 Å². The van der Waals surface area contributed by atoms with Gasteiger partial charge in [0, 0.05) is 10.7 Å². The molecule has 124 valence electrons. The highest BCUT2D eigenvalue weighted by molar-refractivity contribution is 6.31. The Labute approximate surface area is 149 Å². The molecule has 0 aliphatic heterocycles. The minimum absolute atomic E-state index is 0.497. The number of aryl methyl sites for hydroxylation is 1. The molecule has 0 spiro atoms. The molecule has 1 N–H and O–H groups in total. The average molecular weight is 351 g/mol. The second kappa shape index (κ2) is 6.49. The number of fused-ring (bicyclic) bond motifs is 1. The van der Waals surface area contributed by atoms with Crippen LogP contribution >= 0.6 is 11.6 Å². The Balaban J connectivity index is 1.69. The summed E-state index contributed by atoms with van der Waals surface area (Å²) in [5, 5.41) is 12.4. The van der Waals surface area contributed by atoms with Crippen molar-refractivity contribution in [3.8, 4) is 0 Å². The molecule has 4 aromatic rings. The molecule has 0 saturated heterocycles. The summed E-state index contributed by atoms with van der Waals surface area (Å²) in [5.74, 6) is 0.626. The van der Waals surface area contributed by atoms with Gasteiger partial charge in [-0.1, -0.05) is 47.1 Å². The Morgan fingerprint density at radius 1 is 1.08 bits per heavy atom. The largest absolute Gasteiger partial charge is 0.338 e. The van der Waals surface area contributed by atoms with E-state index < -0.39 is 0 Å². The maximum absolute atomic E-state index is 6.24. The van der Waals surface area contributed by atoms with Crippen molar-refractivity contribution in [1.82, 2.24) is 25.0 Å². The van der Waals surface area contributed by atoms with Gasteiger partial charge in [0.2, 0.25) is 0 Å². The minimum Gasteiger partial charge on any atom is -0.338 e. The fourth-order valence-electron chi connectivity index (χ4n) is 2.64. The third kappa shape index (κ3) is 3.16. The van der Waals surface area contributed by atoms with E-state index in [2.05, 4.69) is 25.6 Å². The fourth-order valence-corrected chi connectivity index (χ4v) is 2.83. The van der Waals surface area contributed by atoms with E-state index in [1.54, 1.807) is 4.68 Å². The second-order valence-corrected chi connectivity index (χ2v) is 6.13. The number of anilines is 2. The van der Waals surface area contributed by atoms with E-state index in [9.17, 15) is 0 Å². The molecule has 0 saturated carbocycles. The Kier molecular flexibility index (Phi) is 4.03. The number of nitrogens with zero attached hydrogens (tertiary/aromatic N) is 5. The molecule has 0 amide bonds.